The SMILES string of the molecule is CNCC1CCCCN1C(=O)c1ccc(O)cc1O. The highest BCUT2D eigenvalue weighted by molar-refractivity contribution is 5.97. The van der Waals surface area contributed by atoms with E-state index in [1.54, 1.807) is 0 Å². The lowest BCUT2D eigenvalue weighted by Gasteiger charge is -2.35. The van der Waals surface area contributed by atoms with E-state index in [2.05, 4.69) is 5.32 Å². The summed E-state index contributed by atoms with van der Waals surface area (Å²) in [6.45, 7) is 1.47. The summed E-state index contributed by atoms with van der Waals surface area (Å²) in [4.78, 5) is 14.3. The molecule has 104 valence electrons. The molecule has 1 aliphatic rings. The first-order valence-corrected chi connectivity index (χ1v) is 6.61. The van der Waals surface area contributed by atoms with Crippen LogP contribution in [0.25, 0.3) is 0 Å². The Bertz CT molecular complexity index is 460. The van der Waals surface area contributed by atoms with Crippen LogP contribution in [0.2, 0.25) is 0 Å². The minimum atomic E-state index is -0.169. The summed E-state index contributed by atoms with van der Waals surface area (Å²) in [5, 5.41) is 22.2. The average Bonchev–Trinajstić information content (AvgIpc) is 2.39. The molecule has 0 aliphatic carbocycles. The molecule has 0 aromatic heterocycles. The zero-order chi connectivity index (χ0) is 13.8. The molecule has 0 bridgehead atoms. The molecule has 1 saturated heterocycles. The molecule has 1 fully saturated rings. The Morgan fingerprint density at radius 3 is 2.89 bits per heavy atom. The van der Waals surface area contributed by atoms with Crippen molar-refractivity contribution in [1.82, 2.24) is 10.2 Å². The molecule has 1 heterocycles. The molecule has 19 heavy (non-hydrogen) atoms. The number of hydrogen-bond acceptors (Lipinski definition) is 4. The predicted molar refractivity (Wildman–Crippen MR) is 72.4 cm³/mol. The second-order valence-electron chi connectivity index (χ2n) is 4.91. The third kappa shape index (κ3) is 2.98. The van der Waals surface area contributed by atoms with Crippen LogP contribution in [0.3, 0.4) is 0 Å². The van der Waals surface area contributed by atoms with Crippen molar-refractivity contribution in [2.45, 2.75) is 25.3 Å². The number of nitrogens with one attached hydrogen (secondary N) is 1. The fourth-order valence-electron chi connectivity index (χ4n) is 2.57. The van der Waals surface area contributed by atoms with Gasteiger partial charge < -0.3 is 20.4 Å². The van der Waals surface area contributed by atoms with Crippen LogP contribution in [-0.4, -0.2) is 47.2 Å². The number of likely N-dealkylation sites (N-methyl/N-ethyl adjacent to an activating group) is 1. The van der Waals surface area contributed by atoms with Crippen molar-refractivity contribution in [2.75, 3.05) is 20.1 Å². The van der Waals surface area contributed by atoms with Crippen molar-refractivity contribution in [1.29, 1.82) is 0 Å². The van der Waals surface area contributed by atoms with Crippen LogP contribution >= 0.6 is 0 Å². The molecule has 0 saturated carbocycles. The number of amides is 1. The molecule has 3 N–H and O–H groups in total. The van der Waals surface area contributed by atoms with Crippen LogP contribution in [0.4, 0.5) is 0 Å². The minimum absolute atomic E-state index is 0.0422. The summed E-state index contributed by atoms with van der Waals surface area (Å²) in [7, 11) is 1.87. The van der Waals surface area contributed by atoms with Crippen molar-refractivity contribution in [3.63, 3.8) is 0 Å². The van der Waals surface area contributed by atoms with Crippen LogP contribution in [0.1, 0.15) is 29.6 Å². The molecular formula is C14H20N2O3. The van der Waals surface area contributed by atoms with Crippen LogP contribution in [0, 0.1) is 0 Å². The number of hydrogen-bond donors (Lipinski definition) is 3. The van der Waals surface area contributed by atoms with Crippen molar-refractivity contribution < 1.29 is 15.0 Å². The van der Waals surface area contributed by atoms with Gasteiger partial charge in [0.15, 0.2) is 0 Å². The average molecular weight is 264 g/mol. The molecule has 2 rings (SSSR count). The van der Waals surface area contributed by atoms with Gasteiger partial charge in [0, 0.05) is 25.2 Å². The molecular weight excluding hydrogens is 244 g/mol. The summed E-state index contributed by atoms with van der Waals surface area (Å²) >= 11 is 0. The Morgan fingerprint density at radius 1 is 1.42 bits per heavy atom. The molecule has 0 radical (unpaired) electrons. The van der Waals surface area contributed by atoms with Gasteiger partial charge in [0.25, 0.3) is 5.91 Å². The number of piperidine rings is 1. The highest BCUT2D eigenvalue weighted by Gasteiger charge is 2.28. The predicted octanol–water partition coefficient (Wildman–Crippen LogP) is 1.31. The van der Waals surface area contributed by atoms with E-state index in [1.807, 2.05) is 11.9 Å². The summed E-state index contributed by atoms with van der Waals surface area (Å²) in [6, 6.07) is 4.26. The number of phenolic OH excluding ortho intramolecular Hbond substituents is 2. The second kappa shape index (κ2) is 5.93. The maximum Gasteiger partial charge on any atom is 0.257 e. The Balaban J connectivity index is 2.21. The van der Waals surface area contributed by atoms with Crippen molar-refractivity contribution >= 4 is 5.91 Å². The van der Waals surface area contributed by atoms with Crippen LogP contribution in [0.15, 0.2) is 18.2 Å². The third-order valence-electron chi connectivity index (χ3n) is 3.54. The second-order valence-corrected chi connectivity index (χ2v) is 4.91. The highest BCUT2D eigenvalue weighted by atomic mass is 16.3. The molecule has 1 amide bonds. The van der Waals surface area contributed by atoms with E-state index in [1.165, 1.54) is 18.2 Å². The Kier molecular flexibility index (Phi) is 4.27. The zero-order valence-corrected chi connectivity index (χ0v) is 11.1. The quantitative estimate of drug-likeness (QED) is 0.769. The fourth-order valence-corrected chi connectivity index (χ4v) is 2.57. The smallest absolute Gasteiger partial charge is 0.257 e. The van der Waals surface area contributed by atoms with Crippen LogP contribution in [-0.2, 0) is 0 Å². The van der Waals surface area contributed by atoms with E-state index in [9.17, 15) is 15.0 Å². The minimum Gasteiger partial charge on any atom is -0.508 e. The van der Waals surface area contributed by atoms with Crippen molar-refractivity contribution in [2.24, 2.45) is 0 Å². The topological polar surface area (TPSA) is 72.8 Å². The number of rotatable bonds is 3. The lowest BCUT2D eigenvalue weighted by molar-refractivity contribution is 0.0612. The number of aromatic hydroxyl groups is 2. The standard InChI is InChI=1S/C14H20N2O3/c1-15-9-10-4-2-3-7-16(10)14(19)12-6-5-11(17)8-13(12)18/h5-6,8,10,15,17-18H,2-4,7,9H2,1H3. The number of nitrogens with zero attached hydrogens (tertiary/aromatic N) is 1. The van der Waals surface area contributed by atoms with Gasteiger partial charge in [0.2, 0.25) is 0 Å². The number of phenols is 2. The Labute approximate surface area is 112 Å². The first kappa shape index (κ1) is 13.7. The molecule has 5 nitrogen and oxygen atoms in total. The Morgan fingerprint density at radius 2 is 2.21 bits per heavy atom. The van der Waals surface area contributed by atoms with Gasteiger partial charge in [-0.3, -0.25) is 4.79 Å². The maximum atomic E-state index is 12.5. The molecule has 1 unspecified atom stereocenters. The molecule has 1 aromatic rings. The maximum absolute atomic E-state index is 12.5. The summed E-state index contributed by atoms with van der Waals surface area (Å²) in [6.07, 6.45) is 3.09. The lowest BCUT2D eigenvalue weighted by atomic mass is 10.0. The van der Waals surface area contributed by atoms with Gasteiger partial charge in [0.05, 0.1) is 5.56 Å². The number of likely N-dealkylation sites (tertiary alicyclic amines) is 1. The van der Waals surface area contributed by atoms with E-state index >= 15 is 0 Å². The first-order chi connectivity index (χ1) is 9.13. The van der Waals surface area contributed by atoms with Crippen LogP contribution < -0.4 is 5.32 Å². The van der Waals surface area contributed by atoms with Gasteiger partial charge in [-0.1, -0.05) is 0 Å². The van der Waals surface area contributed by atoms with E-state index in [0.717, 1.165) is 25.8 Å². The first-order valence-electron chi connectivity index (χ1n) is 6.61. The highest BCUT2D eigenvalue weighted by Crippen LogP contribution is 2.26. The molecule has 5 heteroatoms. The summed E-state index contributed by atoms with van der Waals surface area (Å²) in [5.74, 6) is -0.379. The van der Waals surface area contributed by atoms with E-state index < -0.39 is 0 Å². The largest absolute Gasteiger partial charge is 0.508 e. The van der Waals surface area contributed by atoms with Gasteiger partial charge in [0.1, 0.15) is 11.5 Å². The molecule has 1 aliphatic heterocycles. The lowest BCUT2D eigenvalue weighted by Crippen LogP contribution is -2.48. The third-order valence-corrected chi connectivity index (χ3v) is 3.54. The van der Waals surface area contributed by atoms with Crippen molar-refractivity contribution in [3.8, 4) is 11.5 Å². The summed E-state index contributed by atoms with van der Waals surface area (Å²) in [5.41, 5.74) is 0.251. The normalized spacial score (nSPS) is 19.4. The van der Waals surface area contributed by atoms with E-state index in [-0.39, 0.29) is 29.0 Å². The van der Waals surface area contributed by atoms with E-state index in [4.69, 9.17) is 0 Å². The van der Waals surface area contributed by atoms with Gasteiger partial charge >= 0.3 is 0 Å². The fraction of sp³-hybridized carbons (Fsp3) is 0.500. The molecule has 1 aromatic carbocycles. The summed E-state index contributed by atoms with van der Waals surface area (Å²) < 4.78 is 0. The molecule has 1 atom stereocenters. The van der Waals surface area contributed by atoms with Gasteiger partial charge in [-0.2, -0.15) is 0 Å². The number of carbonyl (C=O) groups is 1. The van der Waals surface area contributed by atoms with Gasteiger partial charge in [-0.25, -0.2) is 0 Å². The van der Waals surface area contributed by atoms with Gasteiger partial charge in [-0.15, -0.1) is 0 Å². The van der Waals surface area contributed by atoms with Gasteiger partial charge in [-0.05, 0) is 38.4 Å². The van der Waals surface area contributed by atoms with E-state index in [0.29, 0.717) is 6.54 Å². The van der Waals surface area contributed by atoms with Crippen LogP contribution in [0.5, 0.6) is 11.5 Å². The number of benzene rings is 1. The monoisotopic (exact) mass is 264 g/mol. The Hall–Kier alpha value is -1.75. The van der Waals surface area contributed by atoms with Crippen molar-refractivity contribution in [3.05, 3.63) is 23.8 Å². The zero-order valence-electron chi connectivity index (χ0n) is 11.1. The number of carbonyl (C=O) groups excluding carboxylic acids is 1. The molecule has 0 spiro atoms.